The van der Waals surface area contributed by atoms with Gasteiger partial charge in [0.15, 0.2) is 5.16 Å². The smallest absolute Gasteiger partial charge is 0.234 e. The summed E-state index contributed by atoms with van der Waals surface area (Å²) in [4.78, 5) is 14.4. The standard InChI is InChI=1S/C23H26FN5O2S/c1-16(2)17-3-6-19(7-4-17)29-15-25-27-23(29)32-14-22(30)26-18-5-8-21(20(24)13-18)28-9-11-31-12-10-28/h3-8,13,15-16H,9-12,14H2,1-2H3,(H,26,30). The van der Waals surface area contributed by atoms with Gasteiger partial charge in [0, 0.05) is 24.5 Å². The Kier molecular flexibility index (Phi) is 7.06. The quantitative estimate of drug-likeness (QED) is 0.541. The highest BCUT2D eigenvalue weighted by atomic mass is 32.2. The van der Waals surface area contributed by atoms with Crippen LogP contribution < -0.4 is 10.2 Å². The van der Waals surface area contributed by atoms with Crippen molar-refractivity contribution in [3.63, 3.8) is 0 Å². The first-order valence-electron chi connectivity index (χ1n) is 10.6. The van der Waals surface area contributed by atoms with Crippen molar-refractivity contribution in [3.8, 4) is 5.69 Å². The van der Waals surface area contributed by atoms with E-state index in [-0.39, 0.29) is 17.5 Å². The van der Waals surface area contributed by atoms with Crippen LogP contribution in [0.4, 0.5) is 15.8 Å². The molecule has 0 bridgehead atoms. The second-order valence-corrected chi connectivity index (χ2v) is 8.77. The van der Waals surface area contributed by atoms with Gasteiger partial charge in [-0.3, -0.25) is 9.36 Å². The van der Waals surface area contributed by atoms with Crippen molar-refractivity contribution >= 4 is 29.0 Å². The maximum atomic E-state index is 14.6. The van der Waals surface area contributed by atoms with Crippen LogP contribution >= 0.6 is 11.8 Å². The van der Waals surface area contributed by atoms with E-state index in [2.05, 4.69) is 41.5 Å². The highest BCUT2D eigenvalue weighted by Crippen LogP contribution is 2.25. The number of carbonyl (C=O) groups excluding carboxylic acids is 1. The van der Waals surface area contributed by atoms with Gasteiger partial charge in [0.25, 0.3) is 0 Å². The Morgan fingerprint density at radius 1 is 1.19 bits per heavy atom. The minimum Gasteiger partial charge on any atom is -0.378 e. The van der Waals surface area contributed by atoms with Crippen molar-refractivity contribution < 1.29 is 13.9 Å². The first-order chi connectivity index (χ1) is 15.5. The zero-order valence-corrected chi connectivity index (χ0v) is 18.9. The van der Waals surface area contributed by atoms with Gasteiger partial charge in [-0.05, 0) is 41.8 Å². The second-order valence-electron chi connectivity index (χ2n) is 7.83. The molecule has 32 heavy (non-hydrogen) atoms. The first kappa shape index (κ1) is 22.3. The van der Waals surface area contributed by atoms with Crippen molar-refractivity contribution in [2.24, 2.45) is 0 Å². The third kappa shape index (κ3) is 5.28. The van der Waals surface area contributed by atoms with Crippen LogP contribution in [0.3, 0.4) is 0 Å². The fraction of sp³-hybridized carbons (Fsp3) is 0.348. The molecule has 1 aliphatic heterocycles. The van der Waals surface area contributed by atoms with E-state index in [1.165, 1.54) is 23.4 Å². The number of benzene rings is 2. The number of rotatable bonds is 7. The van der Waals surface area contributed by atoms with E-state index in [0.29, 0.717) is 48.8 Å². The highest BCUT2D eigenvalue weighted by Gasteiger charge is 2.16. The number of aromatic nitrogens is 3. The lowest BCUT2D eigenvalue weighted by Gasteiger charge is -2.29. The molecule has 0 aliphatic carbocycles. The minimum absolute atomic E-state index is 0.135. The Labute approximate surface area is 191 Å². The topological polar surface area (TPSA) is 72.3 Å². The van der Waals surface area contributed by atoms with Gasteiger partial charge in [-0.25, -0.2) is 4.39 Å². The molecule has 168 valence electrons. The Morgan fingerprint density at radius 2 is 1.94 bits per heavy atom. The molecule has 7 nitrogen and oxygen atoms in total. The number of nitrogens with zero attached hydrogens (tertiary/aromatic N) is 4. The van der Waals surface area contributed by atoms with Crippen LogP contribution in [-0.2, 0) is 9.53 Å². The molecule has 0 atom stereocenters. The maximum absolute atomic E-state index is 14.6. The Balaban J connectivity index is 1.36. The fourth-order valence-electron chi connectivity index (χ4n) is 3.49. The number of halogens is 1. The Morgan fingerprint density at radius 3 is 2.62 bits per heavy atom. The third-order valence-corrected chi connectivity index (χ3v) is 6.21. The van der Waals surface area contributed by atoms with E-state index >= 15 is 0 Å². The second kappa shape index (κ2) is 10.1. The molecule has 4 rings (SSSR count). The van der Waals surface area contributed by atoms with E-state index < -0.39 is 0 Å². The number of thioether (sulfide) groups is 1. The summed E-state index contributed by atoms with van der Waals surface area (Å²) in [6.45, 7) is 6.77. The van der Waals surface area contributed by atoms with Crippen molar-refractivity contribution in [1.29, 1.82) is 0 Å². The van der Waals surface area contributed by atoms with Gasteiger partial charge in [0.2, 0.25) is 5.91 Å². The van der Waals surface area contributed by atoms with E-state index in [4.69, 9.17) is 4.74 Å². The molecule has 0 unspecified atom stereocenters. The molecule has 1 aromatic heterocycles. The maximum Gasteiger partial charge on any atom is 0.234 e. The number of ether oxygens (including phenoxy) is 1. The van der Waals surface area contributed by atoms with E-state index in [1.54, 1.807) is 18.5 Å². The van der Waals surface area contributed by atoms with Crippen LogP contribution in [0.25, 0.3) is 5.69 Å². The third-order valence-electron chi connectivity index (χ3n) is 5.27. The van der Waals surface area contributed by atoms with Crippen LogP contribution in [0.15, 0.2) is 53.9 Å². The van der Waals surface area contributed by atoms with Gasteiger partial charge in [0.1, 0.15) is 12.1 Å². The molecule has 0 spiro atoms. The summed E-state index contributed by atoms with van der Waals surface area (Å²) in [5.74, 6) is -0.00858. The van der Waals surface area contributed by atoms with Crippen LogP contribution in [0.2, 0.25) is 0 Å². The average Bonchev–Trinajstić information content (AvgIpc) is 3.27. The fourth-order valence-corrected chi connectivity index (χ4v) is 4.22. The monoisotopic (exact) mass is 455 g/mol. The van der Waals surface area contributed by atoms with E-state index in [1.807, 2.05) is 21.6 Å². The van der Waals surface area contributed by atoms with Gasteiger partial charge in [-0.1, -0.05) is 37.7 Å². The number of carbonyl (C=O) groups is 1. The molecule has 0 saturated carbocycles. The molecule has 2 aromatic carbocycles. The average molecular weight is 456 g/mol. The SMILES string of the molecule is CC(C)c1ccc(-n2cnnc2SCC(=O)Nc2ccc(N3CCOCC3)c(F)c2)cc1. The van der Waals surface area contributed by atoms with E-state index in [0.717, 1.165) is 5.69 Å². The molecule has 1 saturated heterocycles. The summed E-state index contributed by atoms with van der Waals surface area (Å²) < 4.78 is 21.7. The van der Waals surface area contributed by atoms with Gasteiger partial charge in [0.05, 0.1) is 24.7 Å². The molecule has 1 N–H and O–H groups in total. The number of hydrogen-bond donors (Lipinski definition) is 1. The van der Waals surface area contributed by atoms with E-state index in [9.17, 15) is 9.18 Å². The van der Waals surface area contributed by atoms with Crippen molar-refractivity contribution in [2.75, 3.05) is 42.3 Å². The summed E-state index contributed by atoms with van der Waals surface area (Å²) in [6, 6.07) is 13.0. The predicted octanol–water partition coefficient (Wildman–Crippen LogP) is 4.10. The first-order valence-corrected chi connectivity index (χ1v) is 11.5. The lowest BCUT2D eigenvalue weighted by molar-refractivity contribution is -0.113. The minimum atomic E-state index is -0.359. The molecular weight excluding hydrogens is 429 g/mol. The van der Waals surface area contributed by atoms with Gasteiger partial charge in [-0.15, -0.1) is 10.2 Å². The molecular formula is C23H26FN5O2S. The Bertz CT molecular complexity index is 1060. The predicted molar refractivity (Wildman–Crippen MR) is 124 cm³/mol. The largest absolute Gasteiger partial charge is 0.378 e. The lowest BCUT2D eigenvalue weighted by atomic mass is 10.0. The van der Waals surface area contributed by atoms with Crippen molar-refractivity contribution in [2.45, 2.75) is 24.9 Å². The zero-order chi connectivity index (χ0) is 22.5. The molecule has 1 amide bonds. The molecule has 3 aromatic rings. The molecule has 1 fully saturated rings. The van der Waals surface area contributed by atoms with Crippen LogP contribution in [0.1, 0.15) is 25.3 Å². The van der Waals surface area contributed by atoms with Gasteiger partial charge >= 0.3 is 0 Å². The number of amides is 1. The Hall–Kier alpha value is -2.91. The normalized spacial score (nSPS) is 14.1. The molecule has 1 aliphatic rings. The molecule has 0 radical (unpaired) electrons. The van der Waals surface area contributed by atoms with Gasteiger partial charge < -0.3 is 15.0 Å². The summed E-state index contributed by atoms with van der Waals surface area (Å²) in [5, 5.41) is 11.5. The van der Waals surface area contributed by atoms with Crippen LogP contribution in [0, 0.1) is 5.82 Å². The van der Waals surface area contributed by atoms with Crippen molar-refractivity contribution in [3.05, 3.63) is 60.2 Å². The summed E-state index contributed by atoms with van der Waals surface area (Å²) in [7, 11) is 0. The number of hydrogen-bond acceptors (Lipinski definition) is 6. The van der Waals surface area contributed by atoms with Crippen LogP contribution in [-0.4, -0.2) is 52.7 Å². The summed E-state index contributed by atoms with van der Waals surface area (Å²) in [5.41, 5.74) is 3.14. The summed E-state index contributed by atoms with van der Waals surface area (Å²) in [6.07, 6.45) is 1.63. The van der Waals surface area contributed by atoms with Crippen LogP contribution in [0.5, 0.6) is 0 Å². The number of nitrogens with one attached hydrogen (secondary N) is 1. The molecule has 2 heterocycles. The van der Waals surface area contributed by atoms with Crippen molar-refractivity contribution in [1.82, 2.24) is 14.8 Å². The highest BCUT2D eigenvalue weighted by molar-refractivity contribution is 7.99. The zero-order valence-electron chi connectivity index (χ0n) is 18.1. The number of anilines is 2. The molecule has 9 heteroatoms. The van der Waals surface area contributed by atoms with Gasteiger partial charge in [-0.2, -0.15) is 0 Å². The number of morpholine rings is 1. The summed E-state index contributed by atoms with van der Waals surface area (Å²) >= 11 is 1.28. The lowest BCUT2D eigenvalue weighted by Crippen LogP contribution is -2.36.